The second-order valence-corrected chi connectivity index (χ2v) is 7.56. The molecule has 1 aromatic heterocycles. The van der Waals surface area contributed by atoms with Gasteiger partial charge >= 0.3 is 0 Å². The number of fused-ring (bicyclic) bond motifs is 1. The van der Waals surface area contributed by atoms with Crippen LogP contribution in [-0.2, 0) is 6.54 Å². The second-order valence-electron chi connectivity index (χ2n) is 7.56. The standard InChI is InChI=1S/C26H27NO2.ClH/c1-16-17(2)26-23(24(19(4)29-26)21-9-7-6-8-10-21)18(3)25(16)27-15-20-11-13-22(28-5)14-12-20;/h6-14,27H,15H2,1-5H3;1H. The lowest BCUT2D eigenvalue weighted by atomic mass is 9.93. The van der Waals surface area contributed by atoms with Crippen LogP contribution in [0.5, 0.6) is 5.75 Å². The fourth-order valence-corrected chi connectivity index (χ4v) is 4.08. The molecule has 0 aliphatic rings. The number of hydrogen-bond donors (Lipinski definition) is 1. The maximum atomic E-state index is 6.25. The fourth-order valence-electron chi connectivity index (χ4n) is 4.08. The summed E-state index contributed by atoms with van der Waals surface area (Å²) in [6.45, 7) is 9.31. The fraction of sp³-hybridized carbons (Fsp3) is 0.231. The van der Waals surface area contributed by atoms with E-state index < -0.39 is 0 Å². The van der Waals surface area contributed by atoms with Crippen molar-refractivity contribution >= 4 is 29.1 Å². The van der Waals surface area contributed by atoms with Gasteiger partial charge in [-0.1, -0.05) is 42.5 Å². The van der Waals surface area contributed by atoms with Crippen molar-refractivity contribution in [1.29, 1.82) is 0 Å². The van der Waals surface area contributed by atoms with Crippen molar-refractivity contribution in [2.24, 2.45) is 0 Å². The first-order chi connectivity index (χ1) is 14.0. The third-order valence-corrected chi connectivity index (χ3v) is 5.80. The minimum atomic E-state index is 0. The van der Waals surface area contributed by atoms with Crippen LogP contribution >= 0.6 is 12.4 Å². The van der Waals surface area contributed by atoms with Crippen molar-refractivity contribution < 1.29 is 9.15 Å². The molecule has 156 valence electrons. The highest BCUT2D eigenvalue weighted by Gasteiger charge is 2.21. The van der Waals surface area contributed by atoms with Gasteiger partial charge in [-0.05, 0) is 67.6 Å². The smallest absolute Gasteiger partial charge is 0.138 e. The molecule has 3 nitrogen and oxygen atoms in total. The van der Waals surface area contributed by atoms with Gasteiger partial charge in [0, 0.05) is 23.2 Å². The van der Waals surface area contributed by atoms with Gasteiger partial charge in [-0.2, -0.15) is 0 Å². The lowest BCUT2D eigenvalue weighted by Crippen LogP contribution is -2.04. The molecule has 0 saturated heterocycles. The van der Waals surface area contributed by atoms with Gasteiger partial charge in [0.1, 0.15) is 17.1 Å². The average molecular weight is 422 g/mol. The predicted octanol–water partition coefficient (Wildman–Crippen LogP) is 7.38. The Hall–Kier alpha value is -2.91. The predicted molar refractivity (Wildman–Crippen MR) is 128 cm³/mol. The van der Waals surface area contributed by atoms with Crippen molar-refractivity contribution in [3.63, 3.8) is 0 Å². The molecule has 0 amide bonds. The lowest BCUT2D eigenvalue weighted by molar-refractivity contribution is 0.414. The van der Waals surface area contributed by atoms with Crippen molar-refractivity contribution in [2.75, 3.05) is 12.4 Å². The highest BCUT2D eigenvalue weighted by molar-refractivity contribution is 6.02. The molecule has 4 heteroatoms. The summed E-state index contributed by atoms with van der Waals surface area (Å²) in [5.74, 6) is 1.84. The summed E-state index contributed by atoms with van der Waals surface area (Å²) in [4.78, 5) is 0. The van der Waals surface area contributed by atoms with Gasteiger partial charge in [0.25, 0.3) is 0 Å². The number of benzene rings is 3. The molecule has 3 aromatic carbocycles. The number of methoxy groups -OCH3 is 1. The maximum absolute atomic E-state index is 6.25. The first-order valence-corrected chi connectivity index (χ1v) is 9.96. The summed E-state index contributed by atoms with van der Waals surface area (Å²) in [6, 6.07) is 18.7. The van der Waals surface area contributed by atoms with Crippen LogP contribution < -0.4 is 10.1 Å². The van der Waals surface area contributed by atoms with E-state index in [1.807, 2.05) is 18.2 Å². The summed E-state index contributed by atoms with van der Waals surface area (Å²) in [7, 11) is 1.69. The van der Waals surface area contributed by atoms with Gasteiger partial charge in [0.15, 0.2) is 0 Å². The maximum Gasteiger partial charge on any atom is 0.138 e. The number of rotatable bonds is 5. The van der Waals surface area contributed by atoms with Crippen LogP contribution in [0, 0.1) is 27.7 Å². The van der Waals surface area contributed by atoms with Gasteiger partial charge in [-0.15, -0.1) is 12.4 Å². The molecule has 4 aromatic rings. The van der Waals surface area contributed by atoms with Crippen molar-refractivity contribution in [2.45, 2.75) is 34.2 Å². The molecular formula is C26H28ClNO2. The Kier molecular flexibility index (Phi) is 6.42. The Morgan fingerprint density at radius 3 is 2.13 bits per heavy atom. The highest BCUT2D eigenvalue weighted by Crippen LogP contribution is 2.42. The summed E-state index contributed by atoms with van der Waals surface area (Å²) in [6.07, 6.45) is 0. The Morgan fingerprint density at radius 1 is 0.833 bits per heavy atom. The van der Waals surface area contributed by atoms with Gasteiger partial charge in [0.2, 0.25) is 0 Å². The van der Waals surface area contributed by atoms with E-state index in [1.54, 1.807) is 7.11 Å². The van der Waals surface area contributed by atoms with Crippen LogP contribution in [0.4, 0.5) is 5.69 Å². The number of aryl methyl sites for hydroxylation is 3. The zero-order valence-electron chi connectivity index (χ0n) is 18.1. The van der Waals surface area contributed by atoms with E-state index in [0.717, 1.165) is 23.6 Å². The molecule has 0 fully saturated rings. The van der Waals surface area contributed by atoms with E-state index >= 15 is 0 Å². The van der Waals surface area contributed by atoms with E-state index in [0.29, 0.717) is 0 Å². The first-order valence-electron chi connectivity index (χ1n) is 9.96. The molecule has 0 aliphatic carbocycles. The Bertz CT molecular complexity index is 1160. The lowest BCUT2D eigenvalue weighted by Gasteiger charge is -2.17. The molecule has 0 atom stereocenters. The van der Waals surface area contributed by atoms with E-state index in [1.165, 1.54) is 44.5 Å². The third-order valence-electron chi connectivity index (χ3n) is 5.80. The molecule has 4 rings (SSSR count). The molecule has 0 spiro atoms. The van der Waals surface area contributed by atoms with E-state index in [9.17, 15) is 0 Å². The zero-order chi connectivity index (χ0) is 20.5. The van der Waals surface area contributed by atoms with E-state index in [-0.39, 0.29) is 12.4 Å². The molecule has 1 heterocycles. The molecule has 0 radical (unpaired) electrons. The van der Waals surface area contributed by atoms with Gasteiger partial charge in [-0.3, -0.25) is 0 Å². The zero-order valence-corrected chi connectivity index (χ0v) is 18.9. The summed E-state index contributed by atoms with van der Waals surface area (Å²) < 4.78 is 11.5. The van der Waals surface area contributed by atoms with Crippen molar-refractivity contribution in [3.05, 3.63) is 82.6 Å². The third kappa shape index (κ3) is 3.78. The van der Waals surface area contributed by atoms with E-state index in [4.69, 9.17) is 9.15 Å². The second kappa shape index (κ2) is 8.85. The van der Waals surface area contributed by atoms with Crippen LogP contribution in [0.25, 0.3) is 22.1 Å². The molecule has 0 saturated carbocycles. The molecule has 0 unspecified atom stereocenters. The molecule has 30 heavy (non-hydrogen) atoms. The number of hydrogen-bond acceptors (Lipinski definition) is 3. The number of nitrogens with one attached hydrogen (secondary N) is 1. The summed E-state index contributed by atoms with van der Waals surface area (Å²) in [5.41, 5.74) is 9.42. The Balaban J connectivity index is 0.00000256. The normalized spacial score (nSPS) is 10.7. The molecule has 1 N–H and O–H groups in total. The largest absolute Gasteiger partial charge is 0.497 e. The van der Waals surface area contributed by atoms with Crippen LogP contribution in [0.2, 0.25) is 0 Å². The monoisotopic (exact) mass is 421 g/mol. The van der Waals surface area contributed by atoms with Crippen molar-refractivity contribution in [3.8, 4) is 16.9 Å². The van der Waals surface area contributed by atoms with E-state index in [2.05, 4.69) is 69.4 Å². The summed E-state index contributed by atoms with van der Waals surface area (Å²) in [5, 5.41) is 4.88. The first kappa shape index (κ1) is 21.8. The number of anilines is 1. The van der Waals surface area contributed by atoms with Crippen LogP contribution in [0.3, 0.4) is 0 Å². The molecule has 0 bridgehead atoms. The number of halogens is 1. The quantitative estimate of drug-likeness (QED) is 0.365. The highest BCUT2D eigenvalue weighted by atomic mass is 35.5. The topological polar surface area (TPSA) is 34.4 Å². The minimum absolute atomic E-state index is 0. The van der Waals surface area contributed by atoms with Gasteiger partial charge in [0.05, 0.1) is 7.11 Å². The van der Waals surface area contributed by atoms with Crippen LogP contribution in [-0.4, -0.2) is 7.11 Å². The molecule has 0 aliphatic heterocycles. The summed E-state index contributed by atoms with van der Waals surface area (Å²) >= 11 is 0. The SMILES string of the molecule is COc1ccc(CNc2c(C)c(C)c3oc(C)c(-c4ccccc4)c3c2C)cc1.Cl. The number of furan rings is 1. The van der Waals surface area contributed by atoms with Gasteiger partial charge < -0.3 is 14.5 Å². The Labute approximate surface area is 184 Å². The molecular weight excluding hydrogens is 394 g/mol. The van der Waals surface area contributed by atoms with Gasteiger partial charge in [-0.25, -0.2) is 0 Å². The average Bonchev–Trinajstić information content (AvgIpc) is 3.10. The van der Waals surface area contributed by atoms with Crippen LogP contribution in [0.15, 0.2) is 59.0 Å². The van der Waals surface area contributed by atoms with Crippen molar-refractivity contribution in [1.82, 2.24) is 0 Å². The van der Waals surface area contributed by atoms with Crippen LogP contribution in [0.1, 0.15) is 28.0 Å². The Morgan fingerprint density at radius 2 is 1.50 bits per heavy atom. The minimum Gasteiger partial charge on any atom is -0.497 e. The number of ether oxygens (including phenoxy) is 1.